The van der Waals surface area contributed by atoms with E-state index in [2.05, 4.69) is 10.3 Å². The average molecular weight is 262 g/mol. The summed E-state index contributed by atoms with van der Waals surface area (Å²) in [6.45, 7) is 1.59. The predicted molar refractivity (Wildman–Crippen MR) is 71.4 cm³/mol. The van der Waals surface area contributed by atoms with Gasteiger partial charge in [-0.2, -0.15) is 0 Å². The van der Waals surface area contributed by atoms with E-state index in [1.54, 1.807) is 11.0 Å². The fourth-order valence-electron chi connectivity index (χ4n) is 2.04. The van der Waals surface area contributed by atoms with Gasteiger partial charge in [0, 0.05) is 13.1 Å². The number of piperidine rings is 1. The molecule has 19 heavy (non-hydrogen) atoms. The smallest absolute Gasteiger partial charge is 0.270 e. The van der Waals surface area contributed by atoms with E-state index in [-0.39, 0.29) is 24.1 Å². The molecule has 6 nitrogen and oxygen atoms in total. The SMILES string of the molecule is Nc1ccc(C(=O)NCC(=O)N2CCCCC2)nc1. The lowest BCUT2D eigenvalue weighted by Gasteiger charge is -2.26. The molecule has 0 aliphatic carbocycles. The molecule has 1 aliphatic heterocycles. The standard InChI is InChI=1S/C13H18N4O2/c14-10-4-5-11(15-8-10)13(19)16-9-12(18)17-6-2-1-3-7-17/h4-5,8H,1-3,6-7,9,14H2,(H,16,19). The lowest BCUT2D eigenvalue weighted by atomic mass is 10.1. The molecule has 102 valence electrons. The molecule has 0 spiro atoms. The second kappa shape index (κ2) is 6.17. The number of aromatic nitrogens is 1. The van der Waals surface area contributed by atoms with Crippen molar-refractivity contribution in [1.82, 2.24) is 15.2 Å². The van der Waals surface area contributed by atoms with E-state index in [9.17, 15) is 9.59 Å². The van der Waals surface area contributed by atoms with Gasteiger partial charge in [-0.3, -0.25) is 9.59 Å². The minimum atomic E-state index is -0.356. The maximum absolute atomic E-state index is 11.9. The second-order valence-corrected chi connectivity index (χ2v) is 4.60. The number of nitrogens with zero attached hydrogens (tertiary/aromatic N) is 2. The molecule has 0 bridgehead atoms. The van der Waals surface area contributed by atoms with E-state index in [0.29, 0.717) is 5.69 Å². The van der Waals surface area contributed by atoms with Gasteiger partial charge in [0.05, 0.1) is 18.4 Å². The Morgan fingerprint density at radius 3 is 2.63 bits per heavy atom. The Balaban J connectivity index is 1.82. The number of rotatable bonds is 3. The highest BCUT2D eigenvalue weighted by Gasteiger charge is 2.17. The molecule has 2 rings (SSSR count). The molecule has 1 aliphatic rings. The summed E-state index contributed by atoms with van der Waals surface area (Å²) in [7, 11) is 0. The van der Waals surface area contributed by atoms with Crippen LogP contribution in [0.5, 0.6) is 0 Å². The third-order valence-electron chi connectivity index (χ3n) is 3.13. The van der Waals surface area contributed by atoms with Crippen LogP contribution in [0, 0.1) is 0 Å². The molecular formula is C13H18N4O2. The molecule has 0 atom stereocenters. The predicted octanol–water partition coefficient (Wildman–Crippen LogP) is 0.406. The van der Waals surface area contributed by atoms with Crippen LogP contribution in [0.15, 0.2) is 18.3 Å². The highest BCUT2D eigenvalue weighted by Crippen LogP contribution is 2.08. The van der Waals surface area contributed by atoms with E-state index >= 15 is 0 Å². The van der Waals surface area contributed by atoms with Crippen molar-refractivity contribution in [3.63, 3.8) is 0 Å². The van der Waals surface area contributed by atoms with E-state index in [1.807, 2.05) is 0 Å². The number of carbonyl (C=O) groups is 2. The number of nitrogens with one attached hydrogen (secondary N) is 1. The zero-order chi connectivity index (χ0) is 13.7. The van der Waals surface area contributed by atoms with Crippen LogP contribution in [0.3, 0.4) is 0 Å². The molecule has 1 fully saturated rings. The van der Waals surface area contributed by atoms with Crippen LogP contribution in [0.2, 0.25) is 0 Å². The summed E-state index contributed by atoms with van der Waals surface area (Å²) in [6, 6.07) is 3.14. The van der Waals surface area contributed by atoms with Crippen LogP contribution in [-0.4, -0.2) is 41.3 Å². The molecule has 1 aromatic rings. The number of anilines is 1. The number of amides is 2. The first-order valence-electron chi connectivity index (χ1n) is 6.44. The summed E-state index contributed by atoms with van der Waals surface area (Å²) in [5.74, 6) is -0.395. The van der Waals surface area contributed by atoms with Gasteiger partial charge in [-0.25, -0.2) is 4.98 Å². The maximum Gasteiger partial charge on any atom is 0.270 e. The normalized spacial score (nSPS) is 15.1. The second-order valence-electron chi connectivity index (χ2n) is 4.60. The fourth-order valence-corrected chi connectivity index (χ4v) is 2.04. The van der Waals surface area contributed by atoms with Gasteiger partial charge in [0.2, 0.25) is 5.91 Å². The number of likely N-dealkylation sites (tertiary alicyclic amines) is 1. The van der Waals surface area contributed by atoms with Crippen LogP contribution in [-0.2, 0) is 4.79 Å². The van der Waals surface area contributed by atoms with Gasteiger partial charge in [0.25, 0.3) is 5.91 Å². The highest BCUT2D eigenvalue weighted by molar-refractivity contribution is 5.95. The highest BCUT2D eigenvalue weighted by atomic mass is 16.2. The van der Waals surface area contributed by atoms with Gasteiger partial charge in [0.1, 0.15) is 5.69 Å². The number of hydrogen-bond acceptors (Lipinski definition) is 4. The quantitative estimate of drug-likeness (QED) is 0.825. The Labute approximate surface area is 112 Å². The lowest BCUT2D eigenvalue weighted by Crippen LogP contribution is -2.42. The van der Waals surface area contributed by atoms with E-state index in [4.69, 9.17) is 5.73 Å². The van der Waals surface area contributed by atoms with E-state index < -0.39 is 0 Å². The molecule has 0 saturated carbocycles. The van der Waals surface area contributed by atoms with Crippen molar-refractivity contribution in [3.05, 3.63) is 24.0 Å². The summed E-state index contributed by atoms with van der Waals surface area (Å²) >= 11 is 0. The van der Waals surface area contributed by atoms with Crippen molar-refractivity contribution >= 4 is 17.5 Å². The van der Waals surface area contributed by atoms with Gasteiger partial charge in [-0.1, -0.05) is 0 Å². The zero-order valence-electron chi connectivity index (χ0n) is 10.8. The van der Waals surface area contributed by atoms with Crippen LogP contribution in [0.1, 0.15) is 29.8 Å². The van der Waals surface area contributed by atoms with Crippen LogP contribution in [0.4, 0.5) is 5.69 Å². The van der Waals surface area contributed by atoms with Gasteiger partial charge < -0.3 is 16.0 Å². The first-order chi connectivity index (χ1) is 9.16. The van der Waals surface area contributed by atoms with E-state index in [1.165, 1.54) is 18.7 Å². The van der Waals surface area contributed by atoms with Crippen molar-refractivity contribution in [3.8, 4) is 0 Å². The van der Waals surface area contributed by atoms with Crippen molar-refractivity contribution in [1.29, 1.82) is 0 Å². The molecule has 2 amide bonds. The largest absolute Gasteiger partial charge is 0.397 e. The first kappa shape index (κ1) is 13.3. The molecule has 0 radical (unpaired) electrons. The molecule has 1 saturated heterocycles. The Morgan fingerprint density at radius 2 is 2.00 bits per heavy atom. The van der Waals surface area contributed by atoms with Crippen molar-refractivity contribution < 1.29 is 9.59 Å². The van der Waals surface area contributed by atoms with Gasteiger partial charge in [0.15, 0.2) is 0 Å². The topological polar surface area (TPSA) is 88.3 Å². The lowest BCUT2D eigenvalue weighted by molar-refractivity contribution is -0.130. The number of hydrogen-bond donors (Lipinski definition) is 2. The van der Waals surface area contributed by atoms with Crippen molar-refractivity contribution in [2.75, 3.05) is 25.4 Å². The number of nitrogens with two attached hydrogens (primary N) is 1. The third kappa shape index (κ3) is 3.67. The van der Waals surface area contributed by atoms with E-state index in [0.717, 1.165) is 25.9 Å². The number of pyridine rings is 1. The van der Waals surface area contributed by atoms with Crippen molar-refractivity contribution in [2.45, 2.75) is 19.3 Å². The summed E-state index contributed by atoms with van der Waals surface area (Å²) in [5.41, 5.74) is 6.26. The molecule has 0 aromatic carbocycles. The number of nitrogen functional groups attached to an aromatic ring is 1. The Kier molecular flexibility index (Phi) is 4.33. The Morgan fingerprint density at radius 1 is 1.26 bits per heavy atom. The molecule has 2 heterocycles. The summed E-state index contributed by atoms with van der Waals surface area (Å²) < 4.78 is 0. The van der Waals surface area contributed by atoms with Gasteiger partial charge >= 0.3 is 0 Å². The minimum Gasteiger partial charge on any atom is -0.397 e. The Hall–Kier alpha value is -2.11. The van der Waals surface area contributed by atoms with Gasteiger partial charge in [-0.15, -0.1) is 0 Å². The monoisotopic (exact) mass is 262 g/mol. The first-order valence-corrected chi connectivity index (χ1v) is 6.44. The zero-order valence-corrected chi connectivity index (χ0v) is 10.8. The molecule has 1 aromatic heterocycles. The average Bonchev–Trinajstić information content (AvgIpc) is 2.46. The molecule has 0 unspecified atom stereocenters. The maximum atomic E-state index is 11.9. The fraction of sp³-hybridized carbons (Fsp3) is 0.462. The summed E-state index contributed by atoms with van der Waals surface area (Å²) in [6.07, 6.45) is 4.67. The minimum absolute atomic E-state index is 0.0187. The molecular weight excluding hydrogens is 244 g/mol. The molecule has 6 heteroatoms. The Bertz CT molecular complexity index is 452. The van der Waals surface area contributed by atoms with Crippen molar-refractivity contribution in [2.24, 2.45) is 0 Å². The van der Waals surface area contributed by atoms with Crippen LogP contribution in [0.25, 0.3) is 0 Å². The number of carbonyl (C=O) groups excluding carboxylic acids is 2. The van der Waals surface area contributed by atoms with Crippen LogP contribution < -0.4 is 11.1 Å². The molecule has 3 N–H and O–H groups in total. The van der Waals surface area contributed by atoms with Crippen LogP contribution >= 0.6 is 0 Å². The van der Waals surface area contributed by atoms with Gasteiger partial charge in [-0.05, 0) is 31.4 Å². The summed E-state index contributed by atoms with van der Waals surface area (Å²) in [4.78, 5) is 29.3. The summed E-state index contributed by atoms with van der Waals surface area (Å²) in [5, 5.41) is 2.58. The third-order valence-corrected chi connectivity index (χ3v) is 3.13.